The maximum atomic E-state index is 3.45. The normalized spacial score (nSPS) is 24.7. The van der Waals surface area contributed by atoms with Gasteiger partial charge >= 0.3 is 0 Å². The molecule has 1 nitrogen and oxygen atoms in total. The van der Waals surface area contributed by atoms with Crippen LogP contribution in [0.3, 0.4) is 0 Å². The first-order valence-corrected chi connectivity index (χ1v) is 6.41. The van der Waals surface area contributed by atoms with Gasteiger partial charge in [0.15, 0.2) is 0 Å². The average molecular weight is 143 g/mol. The van der Waals surface area contributed by atoms with Crippen molar-refractivity contribution in [1.82, 2.24) is 4.98 Å². The van der Waals surface area contributed by atoms with E-state index in [1.165, 1.54) is 25.7 Å². The number of hydrogen-bond donors (Lipinski definition) is 1. The summed E-state index contributed by atoms with van der Waals surface area (Å²) >= 11 is 0. The van der Waals surface area contributed by atoms with E-state index < -0.39 is 8.96 Å². The summed E-state index contributed by atoms with van der Waals surface area (Å²) in [7, 11) is 1.64. The summed E-state index contributed by atoms with van der Waals surface area (Å²) in [5.74, 6) is 0. The van der Waals surface area contributed by atoms with Crippen LogP contribution in [0.25, 0.3) is 0 Å². The minimum atomic E-state index is -0.484. The zero-order chi connectivity index (χ0) is 6.69. The molecule has 1 fully saturated rings. The zero-order valence-electron chi connectivity index (χ0n) is 6.48. The fourth-order valence-corrected chi connectivity index (χ4v) is 3.64. The summed E-state index contributed by atoms with van der Waals surface area (Å²) in [6.45, 7) is 2.43. The van der Waals surface area contributed by atoms with Crippen molar-refractivity contribution in [3.63, 3.8) is 0 Å². The molecule has 0 spiro atoms. The topological polar surface area (TPSA) is 12.0 Å². The monoisotopic (exact) mass is 143 g/mol. The molecule has 1 saturated carbocycles. The average Bonchev–Trinajstić information content (AvgIpc) is 2.37. The molecular weight excluding hydrogens is 126 g/mol. The largest absolute Gasteiger partial charge is 0.342 e. The molecular formula is C7H17NSi. The molecule has 0 radical (unpaired) electrons. The van der Waals surface area contributed by atoms with E-state index in [4.69, 9.17) is 0 Å². The summed E-state index contributed by atoms with van der Waals surface area (Å²) in [4.78, 5) is 3.45. The molecule has 0 aromatic carbocycles. The van der Waals surface area contributed by atoms with Gasteiger partial charge in [-0.15, -0.1) is 0 Å². The van der Waals surface area contributed by atoms with Crippen LogP contribution in [0.5, 0.6) is 0 Å². The standard InChI is InChI=1S/C7H17NSi/c1-8-9(2)7-5-3-4-6-7/h7-9H,3-6H2,1-2H3. The van der Waals surface area contributed by atoms with Gasteiger partial charge in [-0.2, -0.15) is 0 Å². The molecule has 0 saturated heterocycles. The van der Waals surface area contributed by atoms with E-state index >= 15 is 0 Å². The maximum Gasteiger partial charge on any atom is 0.108 e. The second-order valence-corrected chi connectivity index (χ2v) is 6.22. The molecule has 1 N–H and O–H groups in total. The second kappa shape index (κ2) is 3.37. The highest BCUT2D eigenvalue weighted by atomic mass is 28.3. The SMILES string of the molecule is CN[SiH](C)C1CCCC1. The van der Waals surface area contributed by atoms with Crippen LogP contribution >= 0.6 is 0 Å². The lowest BCUT2D eigenvalue weighted by molar-refractivity contribution is 0.834. The smallest absolute Gasteiger partial charge is 0.108 e. The summed E-state index contributed by atoms with van der Waals surface area (Å²) in [5, 5.41) is 0. The molecule has 1 aliphatic carbocycles. The van der Waals surface area contributed by atoms with Crippen LogP contribution in [0.4, 0.5) is 0 Å². The number of nitrogens with one attached hydrogen (secondary N) is 1. The van der Waals surface area contributed by atoms with Gasteiger partial charge in [0, 0.05) is 0 Å². The molecule has 1 rings (SSSR count). The van der Waals surface area contributed by atoms with Crippen molar-refractivity contribution in [2.24, 2.45) is 0 Å². The van der Waals surface area contributed by atoms with Gasteiger partial charge in [0.2, 0.25) is 0 Å². The Balaban J connectivity index is 2.24. The van der Waals surface area contributed by atoms with Crippen LogP contribution < -0.4 is 4.98 Å². The van der Waals surface area contributed by atoms with Gasteiger partial charge in [-0.05, 0) is 12.6 Å². The van der Waals surface area contributed by atoms with Gasteiger partial charge < -0.3 is 4.98 Å². The lowest BCUT2D eigenvalue weighted by Gasteiger charge is -2.14. The molecule has 9 heavy (non-hydrogen) atoms. The van der Waals surface area contributed by atoms with Crippen LogP contribution in [0.1, 0.15) is 25.7 Å². The fourth-order valence-electron chi connectivity index (χ4n) is 1.69. The molecule has 0 aromatic rings. The van der Waals surface area contributed by atoms with Crippen molar-refractivity contribution < 1.29 is 0 Å². The van der Waals surface area contributed by atoms with Crippen LogP contribution in [0.15, 0.2) is 0 Å². The van der Waals surface area contributed by atoms with Crippen molar-refractivity contribution >= 4 is 8.96 Å². The minimum Gasteiger partial charge on any atom is -0.342 e. The van der Waals surface area contributed by atoms with E-state index in [0.717, 1.165) is 5.54 Å². The van der Waals surface area contributed by atoms with Crippen molar-refractivity contribution in [3.05, 3.63) is 0 Å². The summed E-state index contributed by atoms with van der Waals surface area (Å²) in [6, 6.07) is 0. The molecule has 0 bridgehead atoms. The third kappa shape index (κ3) is 1.80. The Hall–Kier alpha value is 0.177. The Morgan fingerprint density at radius 2 is 1.89 bits per heavy atom. The summed E-state index contributed by atoms with van der Waals surface area (Å²) in [5.41, 5.74) is 1.11. The summed E-state index contributed by atoms with van der Waals surface area (Å²) in [6.07, 6.45) is 6.00. The Labute approximate surface area is 59.5 Å². The van der Waals surface area contributed by atoms with Gasteiger partial charge in [0.25, 0.3) is 0 Å². The Kier molecular flexibility index (Phi) is 2.73. The maximum absolute atomic E-state index is 3.45. The van der Waals surface area contributed by atoms with Gasteiger partial charge in [-0.3, -0.25) is 0 Å². The summed E-state index contributed by atoms with van der Waals surface area (Å²) < 4.78 is 0. The van der Waals surface area contributed by atoms with Crippen LogP contribution in [-0.2, 0) is 0 Å². The van der Waals surface area contributed by atoms with E-state index in [2.05, 4.69) is 18.6 Å². The van der Waals surface area contributed by atoms with Crippen molar-refractivity contribution in [3.8, 4) is 0 Å². The first-order chi connectivity index (χ1) is 4.34. The lowest BCUT2D eigenvalue weighted by Crippen LogP contribution is -2.30. The molecule has 0 aliphatic heterocycles. The predicted molar refractivity (Wildman–Crippen MR) is 44.3 cm³/mol. The predicted octanol–water partition coefficient (Wildman–Crippen LogP) is 1.50. The number of rotatable bonds is 2. The van der Waals surface area contributed by atoms with E-state index in [0.29, 0.717) is 0 Å². The van der Waals surface area contributed by atoms with E-state index in [1.54, 1.807) is 0 Å². The molecule has 54 valence electrons. The molecule has 0 amide bonds. The van der Waals surface area contributed by atoms with E-state index in [-0.39, 0.29) is 0 Å². The van der Waals surface area contributed by atoms with Gasteiger partial charge in [0.1, 0.15) is 8.96 Å². The number of hydrogen-bond acceptors (Lipinski definition) is 1. The van der Waals surface area contributed by atoms with Crippen molar-refractivity contribution in [1.29, 1.82) is 0 Å². The highest BCUT2D eigenvalue weighted by molar-refractivity contribution is 6.56. The first kappa shape index (κ1) is 7.29. The van der Waals surface area contributed by atoms with E-state index in [1.807, 2.05) is 0 Å². The Morgan fingerprint density at radius 1 is 1.33 bits per heavy atom. The zero-order valence-corrected chi connectivity index (χ0v) is 7.64. The fraction of sp³-hybridized carbons (Fsp3) is 1.00. The molecule has 0 aromatic heterocycles. The first-order valence-electron chi connectivity index (χ1n) is 4.02. The second-order valence-electron chi connectivity index (χ2n) is 3.12. The Bertz CT molecular complexity index is 79.0. The third-order valence-corrected chi connectivity index (χ3v) is 5.55. The van der Waals surface area contributed by atoms with Gasteiger partial charge in [-0.25, -0.2) is 0 Å². The molecule has 0 heterocycles. The lowest BCUT2D eigenvalue weighted by atomic mass is 10.4. The van der Waals surface area contributed by atoms with Crippen LogP contribution in [0.2, 0.25) is 12.1 Å². The van der Waals surface area contributed by atoms with Crippen LogP contribution in [-0.4, -0.2) is 16.0 Å². The highest BCUT2D eigenvalue weighted by Crippen LogP contribution is 2.31. The highest BCUT2D eigenvalue weighted by Gasteiger charge is 2.20. The van der Waals surface area contributed by atoms with Gasteiger partial charge in [0.05, 0.1) is 0 Å². The van der Waals surface area contributed by atoms with E-state index in [9.17, 15) is 0 Å². The van der Waals surface area contributed by atoms with Crippen molar-refractivity contribution in [2.45, 2.75) is 37.8 Å². The third-order valence-electron chi connectivity index (χ3n) is 2.56. The van der Waals surface area contributed by atoms with Crippen LogP contribution in [0, 0.1) is 0 Å². The molecule has 1 aliphatic rings. The molecule has 1 atom stereocenters. The molecule has 2 heteroatoms. The quantitative estimate of drug-likeness (QED) is 0.578. The van der Waals surface area contributed by atoms with Gasteiger partial charge in [-0.1, -0.05) is 32.2 Å². The Morgan fingerprint density at radius 3 is 2.33 bits per heavy atom. The molecule has 1 unspecified atom stereocenters. The van der Waals surface area contributed by atoms with Crippen molar-refractivity contribution in [2.75, 3.05) is 7.05 Å². The minimum absolute atomic E-state index is 0.484.